The summed E-state index contributed by atoms with van der Waals surface area (Å²) in [5, 5.41) is 3.07. The number of methoxy groups -OCH3 is 1. The first-order valence-corrected chi connectivity index (χ1v) is 6.79. The van der Waals surface area contributed by atoms with Crippen LogP contribution in [0.1, 0.15) is 40.6 Å². The lowest BCUT2D eigenvalue weighted by Gasteiger charge is -2.23. The Morgan fingerprint density at radius 3 is 3.05 bits per heavy atom. The molecule has 20 heavy (non-hydrogen) atoms. The number of carbonyl (C=O) groups is 1. The molecule has 1 aromatic heterocycles. The second-order valence-electron chi connectivity index (χ2n) is 4.92. The van der Waals surface area contributed by atoms with E-state index < -0.39 is 0 Å². The van der Waals surface area contributed by atoms with Crippen molar-refractivity contribution in [2.45, 2.75) is 25.3 Å². The lowest BCUT2D eigenvalue weighted by atomic mass is 9.93. The van der Waals surface area contributed by atoms with Crippen LogP contribution in [0, 0.1) is 0 Å². The molecule has 0 saturated carbocycles. The highest BCUT2D eigenvalue weighted by molar-refractivity contribution is 5.97. The molecule has 0 spiro atoms. The molecule has 4 heteroatoms. The molecular weight excluding hydrogens is 254 g/mol. The van der Waals surface area contributed by atoms with Gasteiger partial charge in [0.1, 0.15) is 11.5 Å². The van der Waals surface area contributed by atoms with Crippen LogP contribution in [0.2, 0.25) is 0 Å². The maximum absolute atomic E-state index is 12.4. The third-order valence-electron chi connectivity index (χ3n) is 3.71. The monoisotopic (exact) mass is 271 g/mol. The van der Waals surface area contributed by atoms with Crippen LogP contribution in [-0.4, -0.2) is 13.0 Å². The van der Waals surface area contributed by atoms with Crippen LogP contribution in [0.25, 0.3) is 0 Å². The minimum Gasteiger partial charge on any atom is -0.496 e. The first kappa shape index (κ1) is 12.8. The van der Waals surface area contributed by atoms with Crippen LogP contribution in [-0.2, 0) is 6.42 Å². The molecule has 1 aromatic carbocycles. The van der Waals surface area contributed by atoms with Crippen LogP contribution in [0.5, 0.6) is 5.75 Å². The van der Waals surface area contributed by atoms with E-state index in [0.29, 0.717) is 11.3 Å². The summed E-state index contributed by atoms with van der Waals surface area (Å²) >= 11 is 0. The van der Waals surface area contributed by atoms with Crippen molar-refractivity contribution in [1.82, 2.24) is 5.32 Å². The Kier molecular flexibility index (Phi) is 3.46. The molecule has 2 aromatic rings. The van der Waals surface area contributed by atoms with Crippen molar-refractivity contribution in [2.24, 2.45) is 0 Å². The smallest absolute Gasteiger partial charge is 0.255 e. The lowest BCUT2D eigenvalue weighted by molar-refractivity contribution is 0.0929. The number of aryl methyl sites for hydroxylation is 1. The van der Waals surface area contributed by atoms with Crippen molar-refractivity contribution in [3.05, 3.63) is 53.5 Å². The van der Waals surface area contributed by atoms with Gasteiger partial charge < -0.3 is 14.5 Å². The van der Waals surface area contributed by atoms with Crippen LogP contribution in [0.4, 0.5) is 0 Å². The Morgan fingerprint density at radius 2 is 2.20 bits per heavy atom. The van der Waals surface area contributed by atoms with Gasteiger partial charge in [0.2, 0.25) is 0 Å². The predicted octanol–water partition coefficient (Wildman–Crippen LogP) is 3.10. The number of furan rings is 1. The van der Waals surface area contributed by atoms with E-state index in [1.165, 1.54) is 0 Å². The Hall–Kier alpha value is -2.23. The van der Waals surface area contributed by atoms with Gasteiger partial charge in [0.25, 0.3) is 5.91 Å². The molecule has 4 nitrogen and oxygen atoms in total. The molecule has 1 aliphatic rings. The highest BCUT2D eigenvalue weighted by Gasteiger charge is 2.25. The maximum Gasteiger partial charge on any atom is 0.255 e. The zero-order valence-corrected chi connectivity index (χ0v) is 11.4. The van der Waals surface area contributed by atoms with E-state index in [1.807, 2.05) is 18.2 Å². The van der Waals surface area contributed by atoms with Crippen molar-refractivity contribution in [1.29, 1.82) is 0 Å². The van der Waals surface area contributed by atoms with Crippen LogP contribution < -0.4 is 10.1 Å². The van der Waals surface area contributed by atoms with E-state index >= 15 is 0 Å². The fourth-order valence-electron chi connectivity index (χ4n) is 2.70. The van der Waals surface area contributed by atoms with E-state index in [9.17, 15) is 4.79 Å². The quantitative estimate of drug-likeness (QED) is 0.933. The summed E-state index contributed by atoms with van der Waals surface area (Å²) in [6.07, 6.45) is 4.60. The number of carbonyl (C=O) groups excluding carboxylic acids is 1. The number of hydrogen-bond donors (Lipinski definition) is 1. The fourth-order valence-corrected chi connectivity index (χ4v) is 2.70. The van der Waals surface area contributed by atoms with E-state index in [4.69, 9.17) is 9.15 Å². The topological polar surface area (TPSA) is 51.5 Å². The third-order valence-corrected chi connectivity index (χ3v) is 3.71. The largest absolute Gasteiger partial charge is 0.496 e. The number of hydrogen-bond acceptors (Lipinski definition) is 3. The molecule has 1 heterocycles. The summed E-state index contributed by atoms with van der Waals surface area (Å²) in [5.41, 5.74) is 1.66. The molecule has 0 aliphatic heterocycles. The van der Waals surface area contributed by atoms with Gasteiger partial charge in [-0.3, -0.25) is 4.79 Å². The van der Waals surface area contributed by atoms with Crippen LogP contribution in [0.15, 0.2) is 41.0 Å². The van der Waals surface area contributed by atoms with Crippen molar-refractivity contribution in [2.75, 3.05) is 7.11 Å². The first-order valence-electron chi connectivity index (χ1n) is 6.79. The number of benzene rings is 1. The molecule has 1 amide bonds. The highest BCUT2D eigenvalue weighted by atomic mass is 16.5. The first-order chi connectivity index (χ1) is 9.79. The second kappa shape index (κ2) is 5.41. The van der Waals surface area contributed by atoms with Crippen LogP contribution >= 0.6 is 0 Å². The number of fused-ring (bicyclic) bond motifs is 1. The summed E-state index contributed by atoms with van der Waals surface area (Å²) in [6, 6.07) is 9.22. The summed E-state index contributed by atoms with van der Waals surface area (Å²) in [4.78, 5) is 12.4. The maximum atomic E-state index is 12.4. The predicted molar refractivity (Wildman–Crippen MR) is 74.8 cm³/mol. The van der Waals surface area contributed by atoms with Gasteiger partial charge in [0.15, 0.2) is 0 Å². The molecule has 1 aliphatic carbocycles. The normalized spacial score (nSPS) is 17.4. The lowest BCUT2D eigenvalue weighted by Crippen LogP contribution is -2.30. The average molecular weight is 271 g/mol. The minimum atomic E-state index is -0.110. The van der Waals surface area contributed by atoms with Crippen molar-refractivity contribution >= 4 is 5.91 Å². The van der Waals surface area contributed by atoms with Crippen molar-refractivity contribution in [3.63, 3.8) is 0 Å². The molecule has 0 bridgehead atoms. The van der Waals surface area contributed by atoms with E-state index in [2.05, 4.69) is 5.32 Å². The molecule has 0 fully saturated rings. The second-order valence-corrected chi connectivity index (χ2v) is 4.92. The Bertz CT molecular complexity index is 618. The molecule has 3 rings (SSSR count). The van der Waals surface area contributed by atoms with Gasteiger partial charge in [-0.25, -0.2) is 0 Å². The zero-order valence-electron chi connectivity index (χ0n) is 11.4. The Labute approximate surface area is 117 Å². The Balaban J connectivity index is 1.81. The van der Waals surface area contributed by atoms with Gasteiger partial charge in [0, 0.05) is 12.0 Å². The SMILES string of the molecule is COc1ccccc1C(=O)NC1CCCc2occc21. The van der Waals surface area contributed by atoms with Gasteiger partial charge in [-0.05, 0) is 31.0 Å². The standard InChI is InChI=1S/C16H17NO3/c1-19-14-7-3-2-5-12(14)16(18)17-13-6-4-8-15-11(13)9-10-20-15/h2-3,5,7,9-10,13H,4,6,8H2,1H3,(H,17,18). The van der Waals surface area contributed by atoms with Crippen molar-refractivity contribution in [3.8, 4) is 5.75 Å². The highest BCUT2D eigenvalue weighted by Crippen LogP contribution is 2.31. The average Bonchev–Trinajstić information content (AvgIpc) is 2.96. The number of para-hydroxylation sites is 1. The number of nitrogens with one attached hydrogen (secondary N) is 1. The molecule has 0 radical (unpaired) electrons. The molecule has 104 valence electrons. The van der Waals surface area contributed by atoms with Crippen LogP contribution in [0.3, 0.4) is 0 Å². The molecular formula is C16H17NO3. The van der Waals surface area contributed by atoms with Gasteiger partial charge in [-0.1, -0.05) is 12.1 Å². The third kappa shape index (κ3) is 2.29. The Morgan fingerprint density at radius 1 is 1.35 bits per heavy atom. The summed E-state index contributed by atoms with van der Waals surface area (Å²) in [5.74, 6) is 1.47. The number of amides is 1. The summed E-state index contributed by atoms with van der Waals surface area (Å²) < 4.78 is 10.7. The minimum absolute atomic E-state index is 0.0231. The summed E-state index contributed by atoms with van der Waals surface area (Å²) in [7, 11) is 1.57. The van der Waals surface area contributed by atoms with E-state index in [0.717, 1.165) is 30.6 Å². The van der Waals surface area contributed by atoms with E-state index in [1.54, 1.807) is 25.5 Å². The van der Waals surface area contributed by atoms with Gasteiger partial charge in [-0.2, -0.15) is 0 Å². The number of rotatable bonds is 3. The van der Waals surface area contributed by atoms with E-state index in [-0.39, 0.29) is 11.9 Å². The summed E-state index contributed by atoms with van der Waals surface area (Å²) in [6.45, 7) is 0. The molecule has 0 saturated heterocycles. The molecule has 1 N–H and O–H groups in total. The molecule has 1 unspecified atom stereocenters. The molecule has 1 atom stereocenters. The van der Waals surface area contributed by atoms with Gasteiger partial charge in [-0.15, -0.1) is 0 Å². The van der Waals surface area contributed by atoms with Gasteiger partial charge >= 0.3 is 0 Å². The number of ether oxygens (including phenoxy) is 1. The fraction of sp³-hybridized carbons (Fsp3) is 0.312. The zero-order chi connectivity index (χ0) is 13.9. The van der Waals surface area contributed by atoms with Crippen molar-refractivity contribution < 1.29 is 13.9 Å². The van der Waals surface area contributed by atoms with Gasteiger partial charge in [0.05, 0.1) is 25.0 Å².